The minimum Gasteiger partial charge on any atom is -0.313 e. The van der Waals surface area contributed by atoms with Gasteiger partial charge in [-0.2, -0.15) is 18.3 Å². The highest BCUT2D eigenvalue weighted by Crippen LogP contribution is 2.32. The van der Waals surface area contributed by atoms with Crippen LogP contribution in [0.4, 0.5) is 13.2 Å². The molecule has 1 aromatic heterocycles. The van der Waals surface area contributed by atoms with Gasteiger partial charge in [-0.3, -0.25) is 4.68 Å². The number of aromatic nitrogens is 2. The fourth-order valence-corrected chi connectivity index (χ4v) is 2.21. The third-order valence-electron chi connectivity index (χ3n) is 2.60. The maximum atomic E-state index is 13.0. The van der Waals surface area contributed by atoms with Gasteiger partial charge < -0.3 is 5.32 Å². The van der Waals surface area contributed by atoms with Gasteiger partial charge in [-0.1, -0.05) is 6.92 Å². The van der Waals surface area contributed by atoms with E-state index in [0.717, 1.165) is 18.9 Å². The number of sulfone groups is 1. The monoisotopic (exact) mass is 313 g/mol. The molecule has 0 fully saturated rings. The lowest BCUT2D eigenvalue weighted by molar-refractivity contribution is -0.144. The lowest BCUT2D eigenvalue weighted by Gasteiger charge is -2.12. The molecule has 0 saturated carbocycles. The minimum absolute atomic E-state index is 0.0273. The van der Waals surface area contributed by atoms with E-state index in [4.69, 9.17) is 0 Å². The largest absolute Gasteiger partial charge is 0.433 e. The zero-order chi connectivity index (χ0) is 15.4. The van der Waals surface area contributed by atoms with Crippen LogP contribution in [-0.4, -0.2) is 36.8 Å². The summed E-state index contributed by atoms with van der Waals surface area (Å²) in [6, 6.07) is 0. The van der Waals surface area contributed by atoms with E-state index in [2.05, 4.69) is 10.4 Å². The van der Waals surface area contributed by atoms with Gasteiger partial charge in [-0.05, 0) is 13.0 Å². The van der Waals surface area contributed by atoms with Crippen molar-refractivity contribution in [1.29, 1.82) is 0 Å². The summed E-state index contributed by atoms with van der Waals surface area (Å²) < 4.78 is 61.9. The Morgan fingerprint density at radius 2 is 2.05 bits per heavy atom. The molecule has 9 heteroatoms. The Hall–Kier alpha value is -1.09. The molecule has 1 aromatic rings. The third kappa shape index (κ3) is 5.12. The van der Waals surface area contributed by atoms with Crippen molar-refractivity contribution in [3.05, 3.63) is 17.5 Å². The van der Waals surface area contributed by atoms with Crippen LogP contribution in [0.3, 0.4) is 0 Å². The van der Waals surface area contributed by atoms with Crippen LogP contribution in [-0.2, 0) is 29.1 Å². The molecular formula is C11H18F3N3O2S. The molecule has 1 rings (SSSR count). The molecule has 0 bridgehead atoms. The second kappa shape index (κ2) is 6.57. The van der Waals surface area contributed by atoms with Crippen LogP contribution in [0.2, 0.25) is 0 Å². The zero-order valence-electron chi connectivity index (χ0n) is 11.4. The van der Waals surface area contributed by atoms with Crippen LogP contribution in [0.15, 0.2) is 6.20 Å². The minimum atomic E-state index is -4.56. The highest BCUT2D eigenvalue weighted by molar-refractivity contribution is 7.90. The Labute approximate surface area is 116 Å². The van der Waals surface area contributed by atoms with E-state index < -0.39 is 21.7 Å². The molecule has 5 nitrogen and oxygen atoms in total. The van der Waals surface area contributed by atoms with Gasteiger partial charge in [0.05, 0.1) is 18.5 Å². The number of nitrogens with zero attached hydrogens (tertiary/aromatic N) is 2. The molecule has 1 heterocycles. The van der Waals surface area contributed by atoms with Gasteiger partial charge >= 0.3 is 6.18 Å². The van der Waals surface area contributed by atoms with Crippen LogP contribution in [0.5, 0.6) is 0 Å². The zero-order valence-corrected chi connectivity index (χ0v) is 12.2. The summed E-state index contributed by atoms with van der Waals surface area (Å²) in [6.45, 7) is 2.27. The fraction of sp³-hybridized carbons (Fsp3) is 0.727. The molecule has 1 N–H and O–H groups in total. The van der Waals surface area contributed by atoms with E-state index in [1.807, 2.05) is 6.92 Å². The molecule has 0 amide bonds. The first-order valence-electron chi connectivity index (χ1n) is 6.15. The van der Waals surface area contributed by atoms with Crippen LogP contribution in [0.1, 0.15) is 24.6 Å². The van der Waals surface area contributed by atoms with E-state index in [9.17, 15) is 21.6 Å². The summed E-state index contributed by atoms with van der Waals surface area (Å²) in [5.74, 6) is -0.375. The van der Waals surface area contributed by atoms with Gasteiger partial charge in [0.15, 0.2) is 0 Å². The second-order valence-corrected chi connectivity index (χ2v) is 6.81. The van der Waals surface area contributed by atoms with E-state index in [-0.39, 0.29) is 24.4 Å². The fourth-order valence-electron chi connectivity index (χ4n) is 1.70. The number of halogens is 3. The van der Waals surface area contributed by atoms with E-state index in [0.29, 0.717) is 11.2 Å². The molecule has 0 atom stereocenters. The Morgan fingerprint density at radius 1 is 1.40 bits per heavy atom. The first kappa shape index (κ1) is 17.0. The Morgan fingerprint density at radius 3 is 2.55 bits per heavy atom. The first-order chi connectivity index (χ1) is 9.15. The van der Waals surface area contributed by atoms with Crippen LogP contribution in [0.25, 0.3) is 0 Å². The molecule has 116 valence electrons. The number of aryl methyl sites for hydroxylation is 1. The van der Waals surface area contributed by atoms with Crippen LogP contribution >= 0.6 is 0 Å². The molecule has 20 heavy (non-hydrogen) atoms. The van der Waals surface area contributed by atoms with Gasteiger partial charge in [0.25, 0.3) is 0 Å². The maximum Gasteiger partial charge on any atom is 0.433 e. The summed E-state index contributed by atoms with van der Waals surface area (Å²) in [6.07, 6.45) is -1.64. The Bertz CT molecular complexity index is 538. The Balaban J connectivity index is 2.95. The highest BCUT2D eigenvalue weighted by Gasteiger charge is 2.37. The molecule has 0 aliphatic heterocycles. The van der Waals surface area contributed by atoms with Crippen molar-refractivity contribution in [2.24, 2.45) is 0 Å². The molecular weight excluding hydrogens is 295 g/mol. The van der Waals surface area contributed by atoms with E-state index in [1.165, 1.54) is 0 Å². The van der Waals surface area contributed by atoms with Gasteiger partial charge in [-0.15, -0.1) is 0 Å². The average Bonchev–Trinajstić information content (AvgIpc) is 2.69. The normalized spacial score (nSPS) is 12.8. The second-order valence-electron chi connectivity index (χ2n) is 4.55. The summed E-state index contributed by atoms with van der Waals surface area (Å²) in [5.41, 5.74) is -0.857. The number of hydrogen-bond acceptors (Lipinski definition) is 4. The molecule has 0 aliphatic rings. The number of alkyl halides is 3. The highest BCUT2D eigenvalue weighted by atomic mass is 32.2. The molecule has 0 radical (unpaired) electrons. The van der Waals surface area contributed by atoms with E-state index >= 15 is 0 Å². The topological polar surface area (TPSA) is 64.0 Å². The summed E-state index contributed by atoms with van der Waals surface area (Å²) in [7, 11) is -3.34. The maximum absolute atomic E-state index is 13.0. The molecule has 0 aromatic carbocycles. The standard InChI is InChI=1S/C11H18F3N3O2S/c1-3-4-15-7-9-8-16-17(5-6-20(2,18)19)10(9)11(12,13)14/h8,15H,3-7H2,1-2H3. The van der Waals surface area contributed by atoms with Crippen molar-refractivity contribution in [1.82, 2.24) is 15.1 Å². The Kier molecular flexibility index (Phi) is 5.58. The smallest absolute Gasteiger partial charge is 0.313 e. The molecule has 0 aliphatic carbocycles. The van der Waals surface area contributed by atoms with Crippen molar-refractivity contribution in [3.63, 3.8) is 0 Å². The van der Waals surface area contributed by atoms with E-state index in [1.54, 1.807) is 0 Å². The van der Waals surface area contributed by atoms with Gasteiger partial charge in [0.2, 0.25) is 0 Å². The number of nitrogens with one attached hydrogen (secondary N) is 1. The van der Waals surface area contributed by atoms with Crippen molar-refractivity contribution in [2.75, 3.05) is 18.6 Å². The SMILES string of the molecule is CCCNCc1cnn(CCS(C)(=O)=O)c1C(F)(F)F. The summed E-state index contributed by atoms with van der Waals surface area (Å²) in [5, 5.41) is 6.53. The predicted octanol–water partition coefficient (Wildman–Crippen LogP) is 1.45. The average molecular weight is 313 g/mol. The van der Waals surface area contributed by atoms with Gasteiger partial charge in [-0.25, -0.2) is 8.42 Å². The van der Waals surface area contributed by atoms with Gasteiger partial charge in [0.1, 0.15) is 15.5 Å². The van der Waals surface area contributed by atoms with Crippen LogP contribution < -0.4 is 5.32 Å². The summed E-state index contributed by atoms with van der Waals surface area (Å²) >= 11 is 0. The van der Waals surface area contributed by atoms with Crippen LogP contribution in [0, 0.1) is 0 Å². The number of hydrogen-bond donors (Lipinski definition) is 1. The van der Waals surface area contributed by atoms with Crippen molar-refractivity contribution in [2.45, 2.75) is 32.6 Å². The lowest BCUT2D eigenvalue weighted by Crippen LogP contribution is -2.22. The third-order valence-corrected chi connectivity index (χ3v) is 3.52. The molecule has 0 saturated heterocycles. The van der Waals surface area contributed by atoms with Crippen molar-refractivity contribution >= 4 is 9.84 Å². The van der Waals surface area contributed by atoms with Crippen molar-refractivity contribution < 1.29 is 21.6 Å². The van der Waals surface area contributed by atoms with Gasteiger partial charge in [0, 0.05) is 18.4 Å². The predicted molar refractivity (Wildman–Crippen MR) is 68.9 cm³/mol. The molecule has 0 unspecified atom stereocenters. The lowest BCUT2D eigenvalue weighted by atomic mass is 10.2. The summed E-state index contributed by atoms with van der Waals surface area (Å²) in [4.78, 5) is 0. The quantitative estimate of drug-likeness (QED) is 0.774. The first-order valence-corrected chi connectivity index (χ1v) is 8.21. The number of rotatable bonds is 7. The van der Waals surface area contributed by atoms with Crippen molar-refractivity contribution in [3.8, 4) is 0 Å². The molecule has 0 spiro atoms.